The second-order valence-corrected chi connectivity index (χ2v) is 8.31. The number of carbonyl (C=O) groups excluding carboxylic acids is 1. The Morgan fingerprint density at radius 3 is 2.75 bits per heavy atom. The molecule has 0 spiro atoms. The van der Waals surface area contributed by atoms with E-state index in [-0.39, 0.29) is 5.91 Å². The van der Waals surface area contributed by atoms with E-state index in [1.54, 1.807) is 6.33 Å². The van der Waals surface area contributed by atoms with Gasteiger partial charge in [-0.2, -0.15) is 0 Å². The minimum absolute atomic E-state index is 0.179. The van der Waals surface area contributed by atoms with Gasteiger partial charge in [0.05, 0.1) is 10.4 Å². The lowest BCUT2D eigenvalue weighted by atomic mass is 10.0. The molecule has 0 radical (unpaired) electrons. The number of thiophene rings is 1. The van der Waals surface area contributed by atoms with Crippen molar-refractivity contribution in [2.24, 2.45) is 0 Å². The van der Waals surface area contributed by atoms with Gasteiger partial charge >= 0.3 is 0 Å². The highest BCUT2D eigenvalue weighted by Gasteiger charge is 2.29. The van der Waals surface area contributed by atoms with Crippen LogP contribution in [0.5, 0.6) is 0 Å². The third-order valence-electron chi connectivity index (χ3n) is 5.51. The van der Waals surface area contributed by atoms with E-state index < -0.39 is 0 Å². The number of carbonyl (C=O) groups is 1. The first-order valence-corrected chi connectivity index (χ1v) is 10.9. The summed E-state index contributed by atoms with van der Waals surface area (Å²) in [6.07, 6.45) is 4.58. The van der Waals surface area contributed by atoms with Crippen molar-refractivity contribution < 1.29 is 4.79 Å². The summed E-state index contributed by atoms with van der Waals surface area (Å²) in [5, 5.41) is 3.09. The van der Waals surface area contributed by atoms with Gasteiger partial charge in [0, 0.05) is 31.1 Å². The van der Waals surface area contributed by atoms with Gasteiger partial charge in [0.25, 0.3) is 5.91 Å². The summed E-state index contributed by atoms with van der Waals surface area (Å²) in [7, 11) is 0. The highest BCUT2D eigenvalue weighted by molar-refractivity contribution is 7.12. The Kier molecular flexibility index (Phi) is 5.57. The lowest BCUT2D eigenvalue weighted by molar-refractivity contribution is 0.0655. The second-order valence-electron chi connectivity index (χ2n) is 7.36. The summed E-state index contributed by atoms with van der Waals surface area (Å²) in [6.45, 7) is 6.85. The summed E-state index contributed by atoms with van der Waals surface area (Å²) in [5.74, 6) is 1.19. The fraction of sp³-hybridized carbons (Fsp3) is 0.409. The molecule has 0 aliphatic carbocycles. The van der Waals surface area contributed by atoms with Gasteiger partial charge in [-0.3, -0.25) is 4.79 Å². The minimum Gasteiger partial charge on any atom is -0.356 e. The summed E-state index contributed by atoms with van der Waals surface area (Å²) in [5.41, 5.74) is 2.20. The SMILES string of the molecule is CCCN(C(=O)c1cccs1)C1CCN(c2ncnc3c(C)cccc23)CC1. The van der Waals surface area contributed by atoms with Crippen LogP contribution in [0, 0.1) is 6.92 Å². The number of hydrogen-bond donors (Lipinski definition) is 0. The van der Waals surface area contributed by atoms with Gasteiger partial charge in [-0.05, 0) is 49.3 Å². The van der Waals surface area contributed by atoms with Crippen LogP contribution in [-0.2, 0) is 0 Å². The van der Waals surface area contributed by atoms with Crippen LogP contribution in [0.1, 0.15) is 41.4 Å². The number of fused-ring (bicyclic) bond motifs is 1. The molecule has 1 aliphatic rings. The fourth-order valence-corrected chi connectivity index (χ4v) is 4.77. The molecule has 1 aliphatic heterocycles. The molecule has 0 unspecified atom stereocenters. The van der Waals surface area contributed by atoms with E-state index in [9.17, 15) is 4.79 Å². The highest BCUT2D eigenvalue weighted by atomic mass is 32.1. The Morgan fingerprint density at radius 1 is 1.21 bits per heavy atom. The number of rotatable bonds is 5. The van der Waals surface area contributed by atoms with E-state index in [0.29, 0.717) is 6.04 Å². The molecule has 5 nitrogen and oxygen atoms in total. The molecule has 4 rings (SSSR count). The quantitative estimate of drug-likeness (QED) is 0.638. The number of hydrogen-bond acceptors (Lipinski definition) is 5. The van der Waals surface area contributed by atoms with Gasteiger partial charge in [-0.1, -0.05) is 25.1 Å². The van der Waals surface area contributed by atoms with Crippen molar-refractivity contribution >= 4 is 34.0 Å². The molecule has 146 valence electrons. The molecule has 3 aromatic rings. The molecule has 1 amide bonds. The van der Waals surface area contributed by atoms with E-state index in [1.165, 1.54) is 16.9 Å². The van der Waals surface area contributed by atoms with Crippen LogP contribution >= 0.6 is 11.3 Å². The van der Waals surface area contributed by atoms with Crippen molar-refractivity contribution in [2.75, 3.05) is 24.5 Å². The average Bonchev–Trinajstić information content (AvgIpc) is 3.27. The standard InChI is InChI=1S/C22H26N4OS/c1-3-11-26(22(27)19-8-5-14-28-19)17-9-12-25(13-10-17)21-18-7-4-6-16(2)20(18)23-15-24-21/h4-8,14-15,17H,3,9-13H2,1-2H3. The summed E-state index contributed by atoms with van der Waals surface area (Å²) < 4.78 is 0. The molecule has 1 saturated heterocycles. The molecular weight excluding hydrogens is 368 g/mol. The maximum absolute atomic E-state index is 13.0. The van der Waals surface area contributed by atoms with E-state index in [2.05, 4.69) is 51.8 Å². The van der Waals surface area contributed by atoms with Crippen LogP contribution < -0.4 is 4.90 Å². The number of aryl methyl sites for hydroxylation is 1. The number of amides is 1. The van der Waals surface area contributed by atoms with Crippen LogP contribution in [0.15, 0.2) is 42.0 Å². The first-order valence-electron chi connectivity index (χ1n) is 9.98. The molecule has 28 heavy (non-hydrogen) atoms. The second kappa shape index (κ2) is 8.27. The Hall–Kier alpha value is -2.47. The fourth-order valence-electron chi connectivity index (χ4n) is 4.10. The third-order valence-corrected chi connectivity index (χ3v) is 6.37. The summed E-state index contributed by atoms with van der Waals surface area (Å²) >= 11 is 1.53. The molecule has 0 saturated carbocycles. The number of para-hydroxylation sites is 1. The van der Waals surface area contributed by atoms with Crippen molar-refractivity contribution in [3.8, 4) is 0 Å². The van der Waals surface area contributed by atoms with E-state index in [1.807, 2.05) is 17.5 Å². The number of aromatic nitrogens is 2. The van der Waals surface area contributed by atoms with Gasteiger partial charge in [-0.15, -0.1) is 11.3 Å². The molecule has 2 aromatic heterocycles. The number of benzene rings is 1. The molecule has 6 heteroatoms. The minimum atomic E-state index is 0.179. The Labute approximate surface area is 170 Å². The van der Waals surface area contributed by atoms with Crippen LogP contribution in [0.4, 0.5) is 5.82 Å². The van der Waals surface area contributed by atoms with Crippen molar-refractivity contribution in [1.29, 1.82) is 0 Å². The normalized spacial score (nSPS) is 15.1. The maximum atomic E-state index is 13.0. The summed E-state index contributed by atoms with van der Waals surface area (Å²) in [4.78, 5) is 27.3. The first kappa shape index (κ1) is 18.9. The zero-order valence-electron chi connectivity index (χ0n) is 16.5. The van der Waals surface area contributed by atoms with Gasteiger partial charge in [-0.25, -0.2) is 9.97 Å². The largest absolute Gasteiger partial charge is 0.356 e. The highest BCUT2D eigenvalue weighted by Crippen LogP contribution is 2.29. The molecule has 3 heterocycles. The van der Waals surface area contributed by atoms with E-state index >= 15 is 0 Å². The van der Waals surface area contributed by atoms with Gasteiger partial charge < -0.3 is 9.80 Å². The van der Waals surface area contributed by atoms with Gasteiger partial charge in [0.2, 0.25) is 0 Å². The van der Waals surface area contributed by atoms with Crippen molar-refractivity contribution in [1.82, 2.24) is 14.9 Å². The van der Waals surface area contributed by atoms with Crippen LogP contribution in [0.3, 0.4) is 0 Å². The van der Waals surface area contributed by atoms with Crippen molar-refractivity contribution in [3.63, 3.8) is 0 Å². The molecule has 0 bridgehead atoms. The Morgan fingerprint density at radius 2 is 2.04 bits per heavy atom. The zero-order valence-corrected chi connectivity index (χ0v) is 17.3. The Balaban J connectivity index is 1.51. The predicted molar refractivity (Wildman–Crippen MR) is 115 cm³/mol. The Bertz CT molecular complexity index is 948. The molecule has 0 N–H and O–H groups in total. The van der Waals surface area contributed by atoms with E-state index in [4.69, 9.17) is 0 Å². The van der Waals surface area contributed by atoms with Gasteiger partial charge in [0.15, 0.2) is 0 Å². The summed E-state index contributed by atoms with van der Waals surface area (Å²) in [6, 6.07) is 10.4. The molecule has 1 aromatic carbocycles. The lowest BCUT2D eigenvalue weighted by Crippen LogP contribution is -2.47. The average molecular weight is 395 g/mol. The maximum Gasteiger partial charge on any atom is 0.264 e. The first-order chi connectivity index (χ1) is 13.7. The molecular formula is C22H26N4OS. The zero-order chi connectivity index (χ0) is 19.5. The predicted octanol–water partition coefficient (Wildman–Crippen LogP) is 4.52. The molecule has 0 atom stereocenters. The topological polar surface area (TPSA) is 49.3 Å². The van der Waals surface area contributed by atoms with E-state index in [0.717, 1.165) is 60.5 Å². The number of nitrogens with zero attached hydrogens (tertiary/aromatic N) is 4. The number of anilines is 1. The smallest absolute Gasteiger partial charge is 0.264 e. The molecule has 1 fully saturated rings. The van der Waals surface area contributed by atoms with Crippen LogP contribution in [0.2, 0.25) is 0 Å². The van der Waals surface area contributed by atoms with Crippen LogP contribution in [0.25, 0.3) is 10.9 Å². The van der Waals surface area contributed by atoms with Gasteiger partial charge in [0.1, 0.15) is 12.1 Å². The number of piperidine rings is 1. The third kappa shape index (κ3) is 3.61. The lowest BCUT2D eigenvalue weighted by Gasteiger charge is -2.39. The van der Waals surface area contributed by atoms with Crippen molar-refractivity contribution in [2.45, 2.75) is 39.2 Å². The van der Waals surface area contributed by atoms with Crippen LogP contribution in [-0.4, -0.2) is 46.5 Å². The van der Waals surface area contributed by atoms with Crippen molar-refractivity contribution in [3.05, 3.63) is 52.5 Å². The monoisotopic (exact) mass is 394 g/mol.